The minimum Gasteiger partial charge on any atom is -0.493 e. The van der Waals surface area contributed by atoms with Crippen molar-refractivity contribution in [1.29, 1.82) is 0 Å². The smallest absolute Gasteiger partial charge is 0.432 e. The fourth-order valence-corrected chi connectivity index (χ4v) is 3.79. The molecule has 0 saturated carbocycles. The summed E-state index contributed by atoms with van der Waals surface area (Å²) in [6.07, 6.45) is -3.07. The standard InChI is InChI=1S/C31H19F9O2/c1-2-3-10-41-20-8-9-22(24(33)14-20)19-7-6-18(23(32)13-19)5-4-17-11-25(34)29(26(35)12-17)31(39,40)42-21-15-27(36)30(38)28(37)16-21/h6-9,11-16H,2-3,10H2,1H3. The molecule has 0 fully saturated rings. The summed E-state index contributed by atoms with van der Waals surface area (Å²) in [4.78, 5) is 0. The van der Waals surface area contributed by atoms with Gasteiger partial charge in [0.25, 0.3) is 0 Å². The van der Waals surface area contributed by atoms with E-state index in [0.717, 1.165) is 18.9 Å². The summed E-state index contributed by atoms with van der Waals surface area (Å²) in [6, 6.07) is 8.70. The molecule has 218 valence electrons. The predicted molar refractivity (Wildman–Crippen MR) is 135 cm³/mol. The molecule has 4 aromatic carbocycles. The summed E-state index contributed by atoms with van der Waals surface area (Å²) in [7, 11) is 0. The highest BCUT2D eigenvalue weighted by Crippen LogP contribution is 2.36. The van der Waals surface area contributed by atoms with Gasteiger partial charge < -0.3 is 9.47 Å². The van der Waals surface area contributed by atoms with Gasteiger partial charge in [-0.1, -0.05) is 31.3 Å². The number of halogens is 9. The van der Waals surface area contributed by atoms with Crippen LogP contribution in [0.25, 0.3) is 11.1 Å². The number of benzene rings is 4. The van der Waals surface area contributed by atoms with Gasteiger partial charge >= 0.3 is 6.11 Å². The summed E-state index contributed by atoms with van der Waals surface area (Å²) in [5.74, 6) is -7.21. The maximum atomic E-state index is 14.7. The lowest BCUT2D eigenvalue weighted by atomic mass is 10.0. The molecule has 0 aliphatic rings. The molecule has 0 N–H and O–H groups in total. The number of alkyl halides is 2. The fraction of sp³-hybridized carbons (Fsp3) is 0.161. The average Bonchev–Trinajstić information content (AvgIpc) is 2.90. The van der Waals surface area contributed by atoms with Crippen molar-refractivity contribution in [2.24, 2.45) is 0 Å². The minimum atomic E-state index is -4.77. The first-order valence-corrected chi connectivity index (χ1v) is 12.3. The summed E-state index contributed by atoms with van der Waals surface area (Å²) < 4.78 is 137. The lowest BCUT2D eigenvalue weighted by molar-refractivity contribution is -0.189. The summed E-state index contributed by atoms with van der Waals surface area (Å²) >= 11 is 0. The van der Waals surface area contributed by atoms with Crippen molar-refractivity contribution in [1.82, 2.24) is 0 Å². The molecule has 0 heterocycles. The number of ether oxygens (including phenoxy) is 2. The van der Waals surface area contributed by atoms with Gasteiger partial charge in [-0.25, -0.2) is 30.7 Å². The molecule has 0 radical (unpaired) electrons. The van der Waals surface area contributed by atoms with Crippen molar-refractivity contribution >= 4 is 0 Å². The van der Waals surface area contributed by atoms with Crippen molar-refractivity contribution in [3.05, 3.63) is 118 Å². The second-order valence-corrected chi connectivity index (χ2v) is 8.92. The Morgan fingerprint density at radius 2 is 1.31 bits per heavy atom. The molecule has 42 heavy (non-hydrogen) atoms. The molecule has 0 unspecified atom stereocenters. The van der Waals surface area contributed by atoms with Crippen molar-refractivity contribution in [3.63, 3.8) is 0 Å². The van der Waals surface area contributed by atoms with Crippen LogP contribution in [0.5, 0.6) is 11.5 Å². The zero-order chi connectivity index (χ0) is 30.6. The van der Waals surface area contributed by atoms with Crippen molar-refractivity contribution in [2.75, 3.05) is 6.61 Å². The van der Waals surface area contributed by atoms with Crippen LogP contribution in [0.3, 0.4) is 0 Å². The van der Waals surface area contributed by atoms with E-state index in [1.165, 1.54) is 30.3 Å². The number of rotatable bonds is 8. The van der Waals surface area contributed by atoms with E-state index in [4.69, 9.17) is 4.74 Å². The number of hydrogen-bond donors (Lipinski definition) is 0. The van der Waals surface area contributed by atoms with Crippen molar-refractivity contribution < 1.29 is 49.0 Å². The molecule has 0 aliphatic carbocycles. The Bertz CT molecular complexity index is 1640. The monoisotopic (exact) mass is 594 g/mol. The molecule has 11 heteroatoms. The van der Waals surface area contributed by atoms with Gasteiger partial charge in [0.05, 0.1) is 12.2 Å². The summed E-state index contributed by atoms with van der Waals surface area (Å²) in [5, 5.41) is 0. The van der Waals surface area contributed by atoms with E-state index in [9.17, 15) is 39.5 Å². The lowest BCUT2D eigenvalue weighted by Gasteiger charge is -2.19. The van der Waals surface area contributed by atoms with E-state index < -0.39 is 63.7 Å². The van der Waals surface area contributed by atoms with E-state index in [0.29, 0.717) is 24.5 Å². The first kappa shape index (κ1) is 30.4. The van der Waals surface area contributed by atoms with Gasteiger partial charge in [-0.15, -0.1) is 0 Å². The van der Waals surface area contributed by atoms with Gasteiger partial charge in [-0.05, 0) is 48.4 Å². The van der Waals surface area contributed by atoms with Gasteiger partial charge in [-0.3, -0.25) is 0 Å². The fourth-order valence-electron chi connectivity index (χ4n) is 3.79. The number of hydrogen-bond acceptors (Lipinski definition) is 2. The van der Waals surface area contributed by atoms with Crippen LogP contribution in [0.2, 0.25) is 0 Å². The second-order valence-electron chi connectivity index (χ2n) is 8.92. The molecule has 0 saturated heterocycles. The maximum Gasteiger partial charge on any atom is 0.432 e. The predicted octanol–water partition coefficient (Wildman–Crippen LogP) is 9.03. The summed E-state index contributed by atoms with van der Waals surface area (Å²) in [5.41, 5.74) is -2.34. The van der Waals surface area contributed by atoms with Crippen LogP contribution in [0.4, 0.5) is 39.5 Å². The first-order chi connectivity index (χ1) is 19.9. The molecule has 0 spiro atoms. The molecule has 0 amide bonds. The zero-order valence-electron chi connectivity index (χ0n) is 21.6. The molecule has 4 aromatic rings. The normalized spacial score (nSPS) is 11.2. The second kappa shape index (κ2) is 12.5. The lowest BCUT2D eigenvalue weighted by Crippen LogP contribution is -2.25. The van der Waals surface area contributed by atoms with Crippen LogP contribution in [0.15, 0.2) is 60.7 Å². The third-order valence-electron chi connectivity index (χ3n) is 5.87. The number of unbranched alkanes of at least 4 members (excludes halogenated alkanes) is 1. The Morgan fingerprint density at radius 3 is 1.90 bits per heavy atom. The molecule has 2 nitrogen and oxygen atoms in total. The Labute approximate surface area is 234 Å². The first-order valence-electron chi connectivity index (χ1n) is 12.3. The third kappa shape index (κ3) is 6.82. The topological polar surface area (TPSA) is 18.5 Å². The van der Waals surface area contributed by atoms with E-state index in [2.05, 4.69) is 16.6 Å². The Hall–Kier alpha value is -4.59. The van der Waals surface area contributed by atoms with Crippen molar-refractivity contribution in [3.8, 4) is 34.5 Å². The quantitative estimate of drug-likeness (QED) is 0.0878. The van der Waals surface area contributed by atoms with Crippen LogP contribution in [0, 0.1) is 52.6 Å². The molecule has 0 aliphatic heterocycles. The molecular formula is C31H19F9O2. The molecule has 0 atom stereocenters. The SMILES string of the molecule is CCCCOc1ccc(-c2ccc(C#Cc3cc(F)c(C(F)(F)Oc4cc(F)c(F)c(F)c4)c(F)c3)c(F)c2)c(F)c1. The average molecular weight is 594 g/mol. The van der Waals surface area contributed by atoms with E-state index in [1.54, 1.807) is 0 Å². The Kier molecular flexibility index (Phi) is 9.05. The highest BCUT2D eigenvalue weighted by atomic mass is 19.3. The highest BCUT2D eigenvalue weighted by molar-refractivity contribution is 5.66. The molecule has 4 rings (SSSR count). The largest absolute Gasteiger partial charge is 0.493 e. The van der Waals surface area contributed by atoms with Crippen LogP contribution >= 0.6 is 0 Å². The minimum absolute atomic E-state index is 0.0776. The molecule has 0 aromatic heterocycles. The van der Waals surface area contributed by atoms with E-state index >= 15 is 0 Å². The summed E-state index contributed by atoms with van der Waals surface area (Å²) in [6.45, 7) is 2.40. The van der Waals surface area contributed by atoms with Gasteiger partial charge in [0.2, 0.25) is 0 Å². The van der Waals surface area contributed by atoms with Crippen LogP contribution in [-0.4, -0.2) is 6.61 Å². The Morgan fingerprint density at radius 1 is 0.667 bits per heavy atom. The van der Waals surface area contributed by atoms with Gasteiger partial charge in [0.15, 0.2) is 17.5 Å². The van der Waals surface area contributed by atoms with Gasteiger partial charge in [0.1, 0.15) is 40.3 Å². The van der Waals surface area contributed by atoms with Crippen LogP contribution in [-0.2, 0) is 6.11 Å². The van der Waals surface area contributed by atoms with E-state index in [1.807, 2.05) is 6.92 Å². The van der Waals surface area contributed by atoms with Gasteiger partial charge in [0, 0.05) is 29.3 Å². The van der Waals surface area contributed by atoms with E-state index in [-0.39, 0.29) is 28.8 Å². The van der Waals surface area contributed by atoms with Crippen LogP contribution < -0.4 is 9.47 Å². The molecule has 0 bridgehead atoms. The van der Waals surface area contributed by atoms with Crippen molar-refractivity contribution in [2.45, 2.75) is 25.9 Å². The molecular weight excluding hydrogens is 575 g/mol. The highest BCUT2D eigenvalue weighted by Gasteiger charge is 2.41. The van der Waals surface area contributed by atoms with Gasteiger partial charge in [-0.2, -0.15) is 8.78 Å². The maximum absolute atomic E-state index is 14.7. The van der Waals surface area contributed by atoms with Crippen LogP contribution in [0.1, 0.15) is 36.5 Å². The Balaban J connectivity index is 1.55. The third-order valence-corrected chi connectivity index (χ3v) is 5.87. The zero-order valence-corrected chi connectivity index (χ0v) is 21.6.